The van der Waals surface area contributed by atoms with Gasteiger partial charge in [-0.05, 0) is 42.0 Å². The van der Waals surface area contributed by atoms with Gasteiger partial charge in [-0.25, -0.2) is 0 Å². The number of hydrogen-bond acceptors (Lipinski definition) is 5. The van der Waals surface area contributed by atoms with Gasteiger partial charge in [0.05, 0.1) is 7.11 Å². The summed E-state index contributed by atoms with van der Waals surface area (Å²) in [5.41, 5.74) is 2.02. The summed E-state index contributed by atoms with van der Waals surface area (Å²) in [5.74, 6) is -0.0679. The van der Waals surface area contributed by atoms with E-state index in [2.05, 4.69) is 20.6 Å². The van der Waals surface area contributed by atoms with Gasteiger partial charge in [0, 0.05) is 42.5 Å². The molecule has 2 aromatic heterocycles. The van der Waals surface area contributed by atoms with E-state index in [1.165, 1.54) is 12.3 Å². The highest BCUT2D eigenvalue weighted by atomic mass is 16.5. The van der Waals surface area contributed by atoms with Gasteiger partial charge in [-0.3, -0.25) is 19.6 Å². The highest BCUT2D eigenvalue weighted by Gasteiger charge is 2.12. The molecule has 3 aromatic rings. The van der Waals surface area contributed by atoms with E-state index in [0.717, 1.165) is 5.56 Å². The van der Waals surface area contributed by atoms with Crippen molar-refractivity contribution in [3.8, 4) is 5.75 Å². The Morgan fingerprint density at radius 3 is 2.59 bits per heavy atom. The molecule has 0 saturated heterocycles. The number of carbonyl (C=O) groups excluding carboxylic acids is 2. The van der Waals surface area contributed by atoms with Crippen LogP contribution in [0.2, 0.25) is 0 Å². The third-order valence-electron chi connectivity index (χ3n) is 3.78. The van der Waals surface area contributed by atoms with Crippen molar-refractivity contribution in [2.24, 2.45) is 0 Å². The van der Waals surface area contributed by atoms with Crippen molar-refractivity contribution in [2.45, 2.75) is 6.54 Å². The lowest BCUT2D eigenvalue weighted by atomic mass is 10.2. The van der Waals surface area contributed by atoms with Gasteiger partial charge in [-0.15, -0.1) is 0 Å². The summed E-state index contributed by atoms with van der Waals surface area (Å²) in [6.45, 7) is 0.370. The molecule has 0 radical (unpaired) electrons. The molecule has 2 amide bonds. The predicted molar refractivity (Wildman–Crippen MR) is 101 cm³/mol. The fourth-order valence-electron chi connectivity index (χ4n) is 2.38. The van der Waals surface area contributed by atoms with E-state index in [0.29, 0.717) is 23.5 Å². The number of pyridine rings is 2. The van der Waals surface area contributed by atoms with Crippen LogP contribution < -0.4 is 15.4 Å². The molecule has 0 aliphatic heterocycles. The minimum atomic E-state index is -0.410. The molecule has 0 saturated carbocycles. The number of aromatic nitrogens is 2. The van der Waals surface area contributed by atoms with Crippen LogP contribution in [0, 0.1) is 0 Å². The van der Waals surface area contributed by atoms with Gasteiger partial charge in [-0.2, -0.15) is 0 Å². The Morgan fingerprint density at radius 1 is 1.00 bits per heavy atom. The maximum atomic E-state index is 12.4. The maximum absolute atomic E-state index is 12.4. The molecule has 27 heavy (non-hydrogen) atoms. The van der Waals surface area contributed by atoms with Crippen molar-refractivity contribution >= 4 is 17.5 Å². The molecular formula is C20H18N4O3. The first kappa shape index (κ1) is 18.1. The molecule has 0 aliphatic carbocycles. The standard InChI is InChI=1S/C20H18N4O3/c1-27-17-4-2-3-16(12-17)24-20(26)18-11-15(7-10-22-18)19(25)23-13-14-5-8-21-9-6-14/h2-12H,13H2,1H3,(H,23,25)(H,24,26). The first-order chi connectivity index (χ1) is 13.2. The van der Waals surface area contributed by atoms with Crippen LogP contribution in [0.15, 0.2) is 67.1 Å². The van der Waals surface area contributed by atoms with Gasteiger partial charge < -0.3 is 15.4 Å². The number of amides is 2. The lowest BCUT2D eigenvalue weighted by Gasteiger charge is -2.08. The molecule has 0 unspecified atom stereocenters. The summed E-state index contributed by atoms with van der Waals surface area (Å²) < 4.78 is 5.13. The van der Waals surface area contributed by atoms with E-state index in [4.69, 9.17) is 4.74 Å². The number of methoxy groups -OCH3 is 1. The normalized spacial score (nSPS) is 10.1. The van der Waals surface area contributed by atoms with Crippen molar-refractivity contribution in [3.63, 3.8) is 0 Å². The third kappa shape index (κ3) is 4.88. The van der Waals surface area contributed by atoms with E-state index < -0.39 is 5.91 Å². The fraction of sp³-hybridized carbons (Fsp3) is 0.100. The molecule has 0 atom stereocenters. The van der Waals surface area contributed by atoms with Crippen molar-refractivity contribution in [3.05, 3.63) is 83.9 Å². The molecule has 0 fully saturated rings. The molecule has 2 heterocycles. The van der Waals surface area contributed by atoms with Gasteiger partial charge in [0.15, 0.2) is 0 Å². The zero-order chi connectivity index (χ0) is 19.1. The largest absolute Gasteiger partial charge is 0.497 e. The number of ether oxygens (including phenoxy) is 1. The van der Waals surface area contributed by atoms with Crippen LogP contribution >= 0.6 is 0 Å². The highest BCUT2D eigenvalue weighted by Crippen LogP contribution is 2.17. The number of nitrogens with one attached hydrogen (secondary N) is 2. The van der Waals surface area contributed by atoms with Crippen molar-refractivity contribution in [1.82, 2.24) is 15.3 Å². The number of nitrogens with zero attached hydrogens (tertiary/aromatic N) is 2. The molecule has 3 rings (SSSR count). The average molecular weight is 362 g/mol. The van der Waals surface area contributed by atoms with Crippen LogP contribution in [0.5, 0.6) is 5.75 Å². The highest BCUT2D eigenvalue weighted by molar-refractivity contribution is 6.04. The second-order valence-electron chi connectivity index (χ2n) is 5.65. The van der Waals surface area contributed by atoms with Crippen LogP contribution in [-0.4, -0.2) is 28.9 Å². The van der Waals surface area contributed by atoms with Gasteiger partial charge in [-0.1, -0.05) is 6.07 Å². The fourth-order valence-corrected chi connectivity index (χ4v) is 2.38. The van der Waals surface area contributed by atoms with E-state index in [1.807, 2.05) is 12.1 Å². The predicted octanol–water partition coefficient (Wildman–Crippen LogP) is 2.67. The Morgan fingerprint density at radius 2 is 1.81 bits per heavy atom. The summed E-state index contributed by atoms with van der Waals surface area (Å²) >= 11 is 0. The summed E-state index contributed by atoms with van der Waals surface area (Å²) in [6.07, 6.45) is 4.76. The summed E-state index contributed by atoms with van der Waals surface area (Å²) in [6, 6.07) is 13.6. The Labute approximate surface area is 156 Å². The van der Waals surface area contributed by atoms with Gasteiger partial charge >= 0.3 is 0 Å². The quantitative estimate of drug-likeness (QED) is 0.703. The first-order valence-electron chi connectivity index (χ1n) is 8.24. The second-order valence-corrected chi connectivity index (χ2v) is 5.65. The van der Waals surface area contributed by atoms with E-state index in [-0.39, 0.29) is 11.6 Å². The minimum Gasteiger partial charge on any atom is -0.497 e. The van der Waals surface area contributed by atoms with Crippen LogP contribution in [-0.2, 0) is 6.54 Å². The number of benzene rings is 1. The van der Waals surface area contributed by atoms with Crippen molar-refractivity contribution in [2.75, 3.05) is 12.4 Å². The molecule has 0 bridgehead atoms. The summed E-state index contributed by atoms with van der Waals surface area (Å²) in [7, 11) is 1.55. The molecule has 0 spiro atoms. The second kappa shape index (κ2) is 8.57. The molecule has 7 nitrogen and oxygen atoms in total. The van der Waals surface area contributed by atoms with Crippen LogP contribution in [0.4, 0.5) is 5.69 Å². The zero-order valence-corrected chi connectivity index (χ0v) is 14.7. The molecule has 7 heteroatoms. The number of anilines is 1. The zero-order valence-electron chi connectivity index (χ0n) is 14.7. The van der Waals surface area contributed by atoms with E-state index in [9.17, 15) is 9.59 Å². The molecular weight excluding hydrogens is 344 g/mol. The van der Waals surface area contributed by atoms with E-state index >= 15 is 0 Å². The van der Waals surface area contributed by atoms with Crippen LogP contribution in [0.25, 0.3) is 0 Å². The third-order valence-corrected chi connectivity index (χ3v) is 3.78. The van der Waals surface area contributed by atoms with E-state index in [1.54, 1.807) is 49.8 Å². The first-order valence-corrected chi connectivity index (χ1v) is 8.24. The Hall–Kier alpha value is -3.74. The molecule has 2 N–H and O–H groups in total. The Kier molecular flexibility index (Phi) is 5.73. The smallest absolute Gasteiger partial charge is 0.274 e. The summed E-state index contributed by atoms with van der Waals surface area (Å²) in [5, 5.41) is 5.54. The summed E-state index contributed by atoms with van der Waals surface area (Å²) in [4.78, 5) is 32.7. The molecule has 1 aromatic carbocycles. The maximum Gasteiger partial charge on any atom is 0.274 e. The minimum absolute atomic E-state index is 0.148. The Balaban J connectivity index is 1.66. The van der Waals surface area contributed by atoms with Crippen molar-refractivity contribution < 1.29 is 14.3 Å². The SMILES string of the molecule is COc1cccc(NC(=O)c2cc(C(=O)NCc3ccncc3)ccn2)c1. The molecule has 136 valence electrons. The topological polar surface area (TPSA) is 93.2 Å². The molecule has 0 aliphatic rings. The monoisotopic (exact) mass is 362 g/mol. The van der Waals surface area contributed by atoms with Gasteiger partial charge in [0.1, 0.15) is 11.4 Å². The Bertz CT molecular complexity index is 945. The van der Waals surface area contributed by atoms with Gasteiger partial charge in [0.25, 0.3) is 11.8 Å². The van der Waals surface area contributed by atoms with Crippen molar-refractivity contribution in [1.29, 1.82) is 0 Å². The van der Waals surface area contributed by atoms with Crippen LogP contribution in [0.1, 0.15) is 26.4 Å². The number of hydrogen-bond donors (Lipinski definition) is 2. The lowest BCUT2D eigenvalue weighted by molar-refractivity contribution is 0.0950. The lowest BCUT2D eigenvalue weighted by Crippen LogP contribution is -2.23. The number of carbonyl (C=O) groups is 2. The van der Waals surface area contributed by atoms with Crippen LogP contribution in [0.3, 0.4) is 0 Å². The van der Waals surface area contributed by atoms with Gasteiger partial charge in [0.2, 0.25) is 0 Å². The average Bonchev–Trinajstić information content (AvgIpc) is 2.73. The number of rotatable bonds is 6.